The van der Waals surface area contributed by atoms with Crippen molar-refractivity contribution in [2.45, 2.75) is 71.3 Å². The van der Waals surface area contributed by atoms with E-state index in [1.165, 1.54) is 0 Å². The predicted molar refractivity (Wildman–Crippen MR) is 80.4 cm³/mol. The highest BCUT2D eigenvalue weighted by Crippen LogP contribution is 2.18. The minimum Gasteiger partial charge on any atom is -0.481 e. The standard InChI is InChI=1S/C15H30N2O3/c1-4-5-12(9-11-16)6-7-13(18)17-15(2,3)10-8-14(19)20/h12H,4-11,16H2,1-3H3,(H,17,18)(H,19,20). The number of carboxylic acid groups (broad SMARTS) is 1. The predicted octanol–water partition coefficient (Wildman–Crippen LogP) is 2.29. The van der Waals surface area contributed by atoms with Crippen LogP contribution in [0.1, 0.15) is 65.7 Å². The molecule has 5 heteroatoms. The highest BCUT2D eigenvalue weighted by molar-refractivity contribution is 5.76. The van der Waals surface area contributed by atoms with Crippen molar-refractivity contribution in [1.29, 1.82) is 0 Å². The lowest BCUT2D eigenvalue weighted by Crippen LogP contribution is -2.43. The average molecular weight is 286 g/mol. The molecular weight excluding hydrogens is 256 g/mol. The van der Waals surface area contributed by atoms with Crippen LogP contribution in [-0.4, -0.2) is 29.1 Å². The maximum atomic E-state index is 11.9. The SMILES string of the molecule is CCCC(CCN)CCC(=O)NC(C)(C)CCC(=O)O. The van der Waals surface area contributed by atoms with Gasteiger partial charge in [-0.05, 0) is 45.6 Å². The third-order valence-electron chi connectivity index (χ3n) is 3.49. The van der Waals surface area contributed by atoms with Gasteiger partial charge in [-0.25, -0.2) is 0 Å². The summed E-state index contributed by atoms with van der Waals surface area (Å²) in [5.74, 6) is -0.324. The number of hydrogen-bond acceptors (Lipinski definition) is 3. The molecule has 0 aliphatic heterocycles. The molecule has 0 aliphatic rings. The molecule has 0 radical (unpaired) electrons. The first-order valence-corrected chi connectivity index (χ1v) is 7.53. The molecule has 1 unspecified atom stereocenters. The van der Waals surface area contributed by atoms with Gasteiger partial charge in [0.2, 0.25) is 5.91 Å². The molecule has 0 aromatic heterocycles. The van der Waals surface area contributed by atoms with Crippen molar-refractivity contribution in [3.8, 4) is 0 Å². The number of carbonyl (C=O) groups is 2. The van der Waals surface area contributed by atoms with Crippen LogP contribution in [0.4, 0.5) is 0 Å². The Labute approximate surface area is 122 Å². The molecule has 1 atom stereocenters. The monoisotopic (exact) mass is 286 g/mol. The van der Waals surface area contributed by atoms with Crippen molar-refractivity contribution >= 4 is 11.9 Å². The van der Waals surface area contributed by atoms with Gasteiger partial charge in [0.1, 0.15) is 0 Å². The summed E-state index contributed by atoms with van der Waals surface area (Å²) in [4.78, 5) is 22.5. The summed E-state index contributed by atoms with van der Waals surface area (Å²) in [5.41, 5.74) is 5.11. The van der Waals surface area contributed by atoms with Crippen molar-refractivity contribution in [3.05, 3.63) is 0 Å². The number of amides is 1. The quantitative estimate of drug-likeness (QED) is 0.543. The second kappa shape index (κ2) is 9.75. The Morgan fingerprint density at radius 3 is 2.35 bits per heavy atom. The number of nitrogens with one attached hydrogen (secondary N) is 1. The van der Waals surface area contributed by atoms with Gasteiger partial charge in [-0.3, -0.25) is 9.59 Å². The van der Waals surface area contributed by atoms with Gasteiger partial charge in [-0.15, -0.1) is 0 Å². The molecule has 0 aromatic carbocycles. The van der Waals surface area contributed by atoms with E-state index >= 15 is 0 Å². The van der Waals surface area contributed by atoms with E-state index in [4.69, 9.17) is 10.8 Å². The minimum absolute atomic E-state index is 0.00138. The van der Waals surface area contributed by atoms with E-state index in [1.54, 1.807) is 0 Å². The van der Waals surface area contributed by atoms with E-state index in [-0.39, 0.29) is 12.3 Å². The molecule has 0 fully saturated rings. The first-order chi connectivity index (χ1) is 9.30. The fourth-order valence-electron chi connectivity index (χ4n) is 2.33. The Morgan fingerprint density at radius 2 is 1.85 bits per heavy atom. The fourth-order valence-corrected chi connectivity index (χ4v) is 2.33. The summed E-state index contributed by atoms with van der Waals surface area (Å²) in [7, 11) is 0. The van der Waals surface area contributed by atoms with E-state index in [9.17, 15) is 9.59 Å². The normalized spacial score (nSPS) is 13.0. The van der Waals surface area contributed by atoms with Gasteiger partial charge in [0, 0.05) is 18.4 Å². The Morgan fingerprint density at radius 1 is 1.20 bits per heavy atom. The zero-order valence-electron chi connectivity index (χ0n) is 13.1. The van der Waals surface area contributed by atoms with Crippen LogP contribution in [0.3, 0.4) is 0 Å². The molecule has 5 nitrogen and oxygen atoms in total. The molecule has 0 saturated carbocycles. The second-order valence-electron chi connectivity index (χ2n) is 6.10. The smallest absolute Gasteiger partial charge is 0.303 e. The first kappa shape index (κ1) is 18.9. The van der Waals surface area contributed by atoms with Gasteiger partial charge < -0.3 is 16.2 Å². The summed E-state index contributed by atoms with van der Waals surface area (Å²) >= 11 is 0. The Hall–Kier alpha value is -1.10. The molecule has 0 aromatic rings. The van der Waals surface area contributed by atoms with Gasteiger partial charge >= 0.3 is 5.97 Å². The van der Waals surface area contributed by atoms with Crippen molar-refractivity contribution in [2.24, 2.45) is 11.7 Å². The van der Waals surface area contributed by atoms with E-state index in [2.05, 4.69) is 12.2 Å². The molecule has 0 spiro atoms. The van der Waals surface area contributed by atoms with E-state index < -0.39 is 11.5 Å². The highest BCUT2D eigenvalue weighted by Gasteiger charge is 2.21. The maximum Gasteiger partial charge on any atom is 0.303 e. The lowest BCUT2D eigenvalue weighted by molar-refractivity contribution is -0.137. The van der Waals surface area contributed by atoms with Crippen molar-refractivity contribution in [1.82, 2.24) is 5.32 Å². The summed E-state index contributed by atoms with van der Waals surface area (Å²) in [5, 5.41) is 11.6. The Kier molecular flexibility index (Phi) is 9.21. The van der Waals surface area contributed by atoms with Crippen LogP contribution in [-0.2, 0) is 9.59 Å². The molecule has 0 heterocycles. The third kappa shape index (κ3) is 9.78. The molecule has 0 saturated heterocycles. The topological polar surface area (TPSA) is 92.4 Å². The summed E-state index contributed by atoms with van der Waals surface area (Å²) < 4.78 is 0. The number of nitrogens with two attached hydrogens (primary N) is 1. The third-order valence-corrected chi connectivity index (χ3v) is 3.49. The largest absolute Gasteiger partial charge is 0.481 e. The van der Waals surface area contributed by atoms with Crippen LogP contribution in [0.2, 0.25) is 0 Å². The van der Waals surface area contributed by atoms with Crippen LogP contribution >= 0.6 is 0 Å². The minimum atomic E-state index is -0.835. The molecule has 0 bridgehead atoms. The van der Waals surface area contributed by atoms with Crippen LogP contribution in [0.25, 0.3) is 0 Å². The Balaban J connectivity index is 4.10. The molecule has 0 rings (SSSR count). The van der Waals surface area contributed by atoms with Gasteiger partial charge in [0.05, 0.1) is 0 Å². The first-order valence-electron chi connectivity index (χ1n) is 7.53. The highest BCUT2D eigenvalue weighted by atomic mass is 16.4. The molecular formula is C15H30N2O3. The van der Waals surface area contributed by atoms with Crippen LogP contribution in [0.5, 0.6) is 0 Å². The summed E-state index contributed by atoms with van der Waals surface area (Å²) in [6, 6.07) is 0. The van der Waals surface area contributed by atoms with Gasteiger partial charge in [0.25, 0.3) is 0 Å². The number of hydrogen-bond donors (Lipinski definition) is 3. The van der Waals surface area contributed by atoms with Crippen LogP contribution in [0, 0.1) is 5.92 Å². The van der Waals surface area contributed by atoms with Gasteiger partial charge in [-0.2, -0.15) is 0 Å². The van der Waals surface area contributed by atoms with Crippen LogP contribution in [0.15, 0.2) is 0 Å². The van der Waals surface area contributed by atoms with Crippen LogP contribution < -0.4 is 11.1 Å². The number of carbonyl (C=O) groups excluding carboxylic acids is 1. The molecule has 1 amide bonds. The van der Waals surface area contributed by atoms with Gasteiger partial charge in [-0.1, -0.05) is 19.8 Å². The molecule has 0 aliphatic carbocycles. The lowest BCUT2D eigenvalue weighted by atomic mass is 9.93. The maximum absolute atomic E-state index is 11.9. The van der Waals surface area contributed by atoms with E-state index in [1.807, 2.05) is 13.8 Å². The number of aliphatic carboxylic acids is 1. The second-order valence-corrected chi connectivity index (χ2v) is 6.10. The lowest BCUT2D eigenvalue weighted by Gasteiger charge is -2.26. The van der Waals surface area contributed by atoms with Crippen molar-refractivity contribution < 1.29 is 14.7 Å². The zero-order valence-corrected chi connectivity index (χ0v) is 13.1. The average Bonchev–Trinajstić information content (AvgIpc) is 2.34. The fraction of sp³-hybridized carbons (Fsp3) is 0.867. The molecule has 118 valence electrons. The molecule has 4 N–H and O–H groups in total. The zero-order chi connectivity index (χ0) is 15.6. The van der Waals surface area contributed by atoms with Gasteiger partial charge in [0.15, 0.2) is 0 Å². The molecule has 20 heavy (non-hydrogen) atoms. The number of rotatable bonds is 11. The number of carboxylic acids is 1. The summed E-state index contributed by atoms with van der Waals surface area (Å²) in [6.07, 6.45) is 5.02. The Bertz CT molecular complexity index is 297. The van der Waals surface area contributed by atoms with E-state index in [0.29, 0.717) is 25.3 Å². The summed E-state index contributed by atoms with van der Waals surface area (Å²) in [6.45, 7) is 6.52. The van der Waals surface area contributed by atoms with Crippen molar-refractivity contribution in [3.63, 3.8) is 0 Å². The van der Waals surface area contributed by atoms with Crippen molar-refractivity contribution in [2.75, 3.05) is 6.54 Å². The van der Waals surface area contributed by atoms with E-state index in [0.717, 1.165) is 25.7 Å².